The number of nitrogens with one attached hydrogen (secondary N) is 2. The monoisotopic (exact) mass is 365 g/mol. The normalized spacial score (nSPS) is 15.7. The first kappa shape index (κ1) is 19.2. The Labute approximate surface area is 162 Å². The molecule has 1 aromatic heterocycles. The number of aromatic nitrogens is 1. The average Bonchev–Trinajstić information content (AvgIpc) is 2.69. The molecule has 0 atom stereocenters. The van der Waals surface area contributed by atoms with E-state index in [2.05, 4.69) is 75.8 Å². The van der Waals surface area contributed by atoms with Gasteiger partial charge in [-0.25, -0.2) is 4.98 Å². The van der Waals surface area contributed by atoms with E-state index in [-0.39, 0.29) is 0 Å². The molecule has 27 heavy (non-hydrogen) atoms. The first-order valence-electron chi connectivity index (χ1n) is 9.84. The van der Waals surface area contributed by atoms with Crippen LogP contribution in [-0.4, -0.2) is 31.1 Å². The van der Waals surface area contributed by atoms with Crippen molar-refractivity contribution in [1.29, 1.82) is 0 Å². The van der Waals surface area contributed by atoms with Crippen LogP contribution in [0.1, 0.15) is 36.5 Å². The van der Waals surface area contributed by atoms with Crippen molar-refractivity contribution < 1.29 is 0 Å². The molecule has 1 fully saturated rings. The number of guanidine groups is 1. The molecule has 0 saturated carbocycles. The van der Waals surface area contributed by atoms with E-state index in [0.29, 0.717) is 6.54 Å². The van der Waals surface area contributed by atoms with Crippen LogP contribution in [0.3, 0.4) is 0 Å². The van der Waals surface area contributed by atoms with Gasteiger partial charge in [-0.15, -0.1) is 0 Å². The van der Waals surface area contributed by atoms with Crippen LogP contribution in [0.15, 0.2) is 47.6 Å². The third-order valence-electron chi connectivity index (χ3n) is 5.14. The van der Waals surface area contributed by atoms with Gasteiger partial charge < -0.3 is 15.5 Å². The molecule has 0 spiro atoms. The summed E-state index contributed by atoms with van der Waals surface area (Å²) in [5, 5.41) is 6.72. The van der Waals surface area contributed by atoms with E-state index in [1.54, 1.807) is 7.05 Å². The van der Waals surface area contributed by atoms with Gasteiger partial charge in [-0.05, 0) is 42.9 Å². The molecule has 0 bridgehead atoms. The summed E-state index contributed by atoms with van der Waals surface area (Å²) in [7, 11) is 1.80. The SMILES string of the molecule is CN=C(NCc1ccc(N2CCC(C)CC2)nc1)NCc1cccc(C)c1. The topological polar surface area (TPSA) is 52.6 Å². The molecule has 1 aromatic carbocycles. The fourth-order valence-electron chi connectivity index (χ4n) is 3.36. The zero-order chi connectivity index (χ0) is 19.1. The van der Waals surface area contributed by atoms with Crippen LogP contribution in [0.5, 0.6) is 0 Å². The standard InChI is InChI=1S/C22H31N5/c1-17-9-11-27(12-10-17)21-8-7-20(15-24-21)16-26-22(23-3)25-14-19-6-4-5-18(2)13-19/h4-8,13,15,17H,9-12,14,16H2,1-3H3,(H2,23,25,26). The van der Waals surface area contributed by atoms with Gasteiger partial charge in [-0.1, -0.05) is 42.8 Å². The van der Waals surface area contributed by atoms with Gasteiger partial charge in [0.15, 0.2) is 5.96 Å². The Morgan fingerprint density at radius 1 is 1.11 bits per heavy atom. The minimum atomic E-state index is 0.706. The molecule has 144 valence electrons. The zero-order valence-electron chi connectivity index (χ0n) is 16.7. The first-order chi connectivity index (χ1) is 13.1. The van der Waals surface area contributed by atoms with Crippen LogP contribution in [0, 0.1) is 12.8 Å². The van der Waals surface area contributed by atoms with Crippen molar-refractivity contribution >= 4 is 11.8 Å². The van der Waals surface area contributed by atoms with Crippen LogP contribution < -0.4 is 15.5 Å². The lowest BCUT2D eigenvalue weighted by atomic mass is 9.99. The van der Waals surface area contributed by atoms with Crippen LogP contribution in [0.25, 0.3) is 0 Å². The summed E-state index contributed by atoms with van der Waals surface area (Å²) in [5.41, 5.74) is 3.68. The van der Waals surface area contributed by atoms with Gasteiger partial charge in [-0.2, -0.15) is 0 Å². The molecule has 5 nitrogen and oxygen atoms in total. The Morgan fingerprint density at radius 2 is 1.85 bits per heavy atom. The second-order valence-corrected chi connectivity index (χ2v) is 7.46. The molecule has 0 aliphatic carbocycles. The highest BCUT2D eigenvalue weighted by Crippen LogP contribution is 2.21. The summed E-state index contributed by atoms with van der Waals surface area (Å²) in [6, 6.07) is 12.8. The summed E-state index contributed by atoms with van der Waals surface area (Å²) in [4.78, 5) is 11.4. The maximum atomic E-state index is 4.66. The van der Waals surface area contributed by atoms with E-state index in [0.717, 1.165) is 42.9 Å². The van der Waals surface area contributed by atoms with E-state index >= 15 is 0 Å². The molecule has 1 aliphatic heterocycles. The predicted molar refractivity (Wildman–Crippen MR) is 113 cm³/mol. The zero-order valence-corrected chi connectivity index (χ0v) is 16.7. The molecule has 3 rings (SSSR count). The summed E-state index contributed by atoms with van der Waals surface area (Å²) >= 11 is 0. The Balaban J connectivity index is 1.48. The number of anilines is 1. The van der Waals surface area contributed by atoms with Gasteiger partial charge in [0, 0.05) is 39.4 Å². The maximum absolute atomic E-state index is 4.66. The lowest BCUT2D eigenvalue weighted by Gasteiger charge is -2.31. The number of piperidine rings is 1. The van der Waals surface area contributed by atoms with Crippen molar-refractivity contribution in [2.75, 3.05) is 25.0 Å². The highest BCUT2D eigenvalue weighted by Gasteiger charge is 2.16. The lowest BCUT2D eigenvalue weighted by molar-refractivity contribution is 0.436. The second kappa shape index (κ2) is 9.40. The highest BCUT2D eigenvalue weighted by molar-refractivity contribution is 5.79. The fraction of sp³-hybridized carbons (Fsp3) is 0.455. The van der Waals surface area contributed by atoms with Crippen molar-refractivity contribution in [3.8, 4) is 0 Å². The van der Waals surface area contributed by atoms with E-state index in [9.17, 15) is 0 Å². The Bertz CT molecular complexity index is 746. The molecule has 1 saturated heterocycles. The molecule has 0 unspecified atom stereocenters. The number of hydrogen-bond acceptors (Lipinski definition) is 3. The van der Waals surface area contributed by atoms with Crippen molar-refractivity contribution in [2.45, 2.75) is 39.8 Å². The number of pyridine rings is 1. The van der Waals surface area contributed by atoms with Gasteiger partial charge in [0.25, 0.3) is 0 Å². The average molecular weight is 366 g/mol. The Morgan fingerprint density at radius 3 is 2.48 bits per heavy atom. The summed E-state index contributed by atoms with van der Waals surface area (Å²) < 4.78 is 0. The van der Waals surface area contributed by atoms with Gasteiger partial charge in [0.2, 0.25) is 0 Å². The Hall–Kier alpha value is -2.56. The molecule has 2 heterocycles. The summed E-state index contributed by atoms with van der Waals surface area (Å²) in [6.45, 7) is 8.13. The van der Waals surface area contributed by atoms with Crippen LogP contribution in [0.2, 0.25) is 0 Å². The highest BCUT2D eigenvalue weighted by atomic mass is 15.2. The van der Waals surface area contributed by atoms with Crippen molar-refractivity contribution in [1.82, 2.24) is 15.6 Å². The molecule has 0 radical (unpaired) electrons. The molecule has 2 aromatic rings. The van der Waals surface area contributed by atoms with Gasteiger partial charge >= 0.3 is 0 Å². The summed E-state index contributed by atoms with van der Waals surface area (Å²) in [5.74, 6) is 2.72. The van der Waals surface area contributed by atoms with Crippen LogP contribution in [-0.2, 0) is 13.1 Å². The summed E-state index contributed by atoms with van der Waals surface area (Å²) in [6.07, 6.45) is 4.48. The van der Waals surface area contributed by atoms with Crippen molar-refractivity contribution in [2.24, 2.45) is 10.9 Å². The van der Waals surface area contributed by atoms with E-state index < -0.39 is 0 Å². The van der Waals surface area contributed by atoms with Gasteiger partial charge in [0.1, 0.15) is 5.82 Å². The fourth-order valence-corrected chi connectivity index (χ4v) is 3.36. The van der Waals surface area contributed by atoms with Crippen LogP contribution in [0.4, 0.5) is 5.82 Å². The van der Waals surface area contributed by atoms with Crippen LogP contribution >= 0.6 is 0 Å². The van der Waals surface area contributed by atoms with E-state index in [4.69, 9.17) is 0 Å². The molecular formula is C22H31N5. The number of rotatable bonds is 5. The molecule has 1 aliphatic rings. The molecule has 2 N–H and O–H groups in total. The second-order valence-electron chi connectivity index (χ2n) is 7.46. The number of nitrogens with zero attached hydrogens (tertiary/aromatic N) is 3. The lowest BCUT2D eigenvalue weighted by Crippen LogP contribution is -2.36. The maximum Gasteiger partial charge on any atom is 0.191 e. The molecule has 5 heteroatoms. The largest absolute Gasteiger partial charge is 0.357 e. The third kappa shape index (κ3) is 5.71. The van der Waals surface area contributed by atoms with Crippen molar-refractivity contribution in [3.63, 3.8) is 0 Å². The van der Waals surface area contributed by atoms with Gasteiger partial charge in [0.05, 0.1) is 0 Å². The van der Waals surface area contributed by atoms with Gasteiger partial charge in [-0.3, -0.25) is 4.99 Å². The Kier molecular flexibility index (Phi) is 6.69. The first-order valence-corrected chi connectivity index (χ1v) is 9.84. The quantitative estimate of drug-likeness (QED) is 0.629. The number of benzene rings is 1. The number of hydrogen-bond donors (Lipinski definition) is 2. The van der Waals surface area contributed by atoms with E-state index in [1.165, 1.54) is 24.0 Å². The minimum Gasteiger partial charge on any atom is -0.357 e. The third-order valence-corrected chi connectivity index (χ3v) is 5.14. The minimum absolute atomic E-state index is 0.706. The molecule has 0 amide bonds. The molecular weight excluding hydrogens is 334 g/mol. The predicted octanol–water partition coefficient (Wildman–Crippen LogP) is 3.49. The van der Waals surface area contributed by atoms with E-state index in [1.807, 2.05) is 6.20 Å². The number of aryl methyl sites for hydroxylation is 1. The van der Waals surface area contributed by atoms with Crippen molar-refractivity contribution in [3.05, 3.63) is 59.3 Å². The smallest absolute Gasteiger partial charge is 0.191 e. The number of aliphatic imine (C=N–C) groups is 1.